The molecule has 1 aliphatic carbocycles. The number of hydrogen-bond acceptors (Lipinski definition) is 4. The highest BCUT2D eigenvalue weighted by atomic mass is 19.4. The number of allylic oxidation sites excluding steroid dienone is 4. The predicted molar refractivity (Wildman–Crippen MR) is 162 cm³/mol. The van der Waals surface area contributed by atoms with Crippen molar-refractivity contribution in [3.05, 3.63) is 58.3 Å². The van der Waals surface area contributed by atoms with Gasteiger partial charge in [-0.05, 0) is 55.7 Å². The van der Waals surface area contributed by atoms with E-state index in [4.69, 9.17) is 15.5 Å². The molecule has 1 atom stereocenters. The first-order valence-electron chi connectivity index (χ1n) is 14.8. The first-order valence-corrected chi connectivity index (χ1v) is 14.8. The lowest BCUT2D eigenvalue weighted by Gasteiger charge is -2.31. The Hall–Kier alpha value is -2.94. The van der Waals surface area contributed by atoms with Crippen molar-refractivity contribution in [3.63, 3.8) is 0 Å². The van der Waals surface area contributed by atoms with Crippen molar-refractivity contribution in [2.75, 3.05) is 39.1 Å². The zero-order valence-corrected chi connectivity index (χ0v) is 25.1. The topological polar surface area (TPSA) is 76.1 Å². The minimum absolute atomic E-state index is 0.0311. The number of unbranched alkanes of at least 4 members (excludes halogenated alkanes) is 2. The molecule has 0 amide bonds. The number of alkyl halides is 3. The van der Waals surface area contributed by atoms with Crippen LogP contribution in [0.3, 0.4) is 0 Å². The second-order valence-corrected chi connectivity index (χ2v) is 11.1. The third-order valence-corrected chi connectivity index (χ3v) is 7.98. The molecule has 1 fully saturated rings. The summed E-state index contributed by atoms with van der Waals surface area (Å²) in [5.74, 6) is 1.12. The van der Waals surface area contributed by atoms with Crippen LogP contribution in [0, 0.1) is 5.92 Å². The number of aliphatic imine (C=N–C) groups is 2. The van der Waals surface area contributed by atoms with E-state index in [0.29, 0.717) is 38.6 Å². The summed E-state index contributed by atoms with van der Waals surface area (Å²) in [6.07, 6.45) is 8.58. The molecule has 0 saturated carbocycles. The fraction of sp³-hybridized carbons (Fsp3) is 0.594. The molecule has 226 valence electrons. The van der Waals surface area contributed by atoms with E-state index in [1.54, 1.807) is 0 Å². The van der Waals surface area contributed by atoms with Crippen molar-refractivity contribution in [1.29, 1.82) is 0 Å². The molecule has 2 N–H and O–H groups in total. The van der Waals surface area contributed by atoms with Gasteiger partial charge in [0, 0.05) is 31.9 Å². The highest BCUT2D eigenvalue weighted by molar-refractivity contribution is 6.12. The van der Waals surface area contributed by atoms with Crippen LogP contribution in [0.15, 0.2) is 57.2 Å². The molecule has 2 heterocycles. The number of aromatic nitrogens is 1. The van der Waals surface area contributed by atoms with Gasteiger partial charge in [-0.25, -0.2) is 9.98 Å². The number of morpholine rings is 1. The molecule has 1 unspecified atom stereocenters. The first-order chi connectivity index (χ1) is 19.6. The molecule has 41 heavy (non-hydrogen) atoms. The Bertz CT molecular complexity index is 1180. The van der Waals surface area contributed by atoms with Crippen molar-refractivity contribution in [1.82, 2.24) is 9.88 Å². The predicted octanol–water partition coefficient (Wildman–Crippen LogP) is 7.77. The molecule has 1 aliphatic heterocycles. The highest BCUT2D eigenvalue weighted by Crippen LogP contribution is 2.35. The van der Waals surface area contributed by atoms with Gasteiger partial charge in [-0.3, -0.25) is 4.99 Å². The molecule has 2 aliphatic rings. The minimum atomic E-state index is -4.62. The smallest absolute Gasteiger partial charge is 0.384 e. The summed E-state index contributed by atoms with van der Waals surface area (Å²) >= 11 is 0. The van der Waals surface area contributed by atoms with Gasteiger partial charge >= 0.3 is 6.18 Å². The zero-order chi connectivity index (χ0) is 30.0. The van der Waals surface area contributed by atoms with Crippen LogP contribution in [0.4, 0.5) is 19.0 Å². The largest absolute Gasteiger partial charge is 0.417 e. The third-order valence-electron chi connectivity index (χ3n) is 7.98. The number of nitrogen functional groups attached to an aromatic ring is 1. The Morgan fingerprint density at radius 3 is 2.56 bits per heavy atom. The van der Waals surface area contributed by atoms with Crippen LogP contribution in [0.2, 0.25) is 0 Å². The van der Waals surface area contributed by atoms with Gasteiger partial charge in [-0.2, -0.15) is 13.2 Å². The Labute approximate surface area is 243 Å². The number of rotatable bonds is 12. The number of nitrogens with two attached hydrogens (primary N) is 1. The second kappa shape index (κ2) is 15.3. The maximum atomic E-state index is 13.9. The van der Waals surface area contributed by atoms with Gasteiger partial charge in [0.25, 0.3) is 0 Å². The zero-order valence-electron chi connectivity index (χ0n) is 25.1. The maximum absolute atomic E-state index is 13.9. The molecule has 6 nitrogen and oxygen atoms in total. The Kier molecular flexibility index (Phi) is 12.2. The SMILES string of the molecule is C=C(CCC(CC)CCCCC)CC1=C(C)CC(C(=NC(=NC)c2cnc(N)cc2C(F)(F)F)N2CCOCC2)=C1. The molecule has 1 aromatic rings. The average Bonchev–Trinajstić information content (AvgIpc) is 3.30. The van der Waals surface area contributed by atoms with E-state index in [9.17, 15) is 13.2 Å². The quantitative estimate of drug-likeness (QED) is 0.120. The Morgan fingerprint density at radius 2 is 1.93 bits per heavy atom. The summed E-state index contributed by atoms with van der Waals surface area (Å²) in [4.78, 5) is 14.9. The number of hydrogen-bond donors (Lipinski definition) is 1. The number of anilines is 1. The first kappa shape index (κ1) is 32.6. The van der Waals surface area contributed by atoms with Crippen LogP contribution in [0.1, 0.15) is 89.7 Å². The number of amidine groups is 2. The van der Waals surface area contributed by atoms with Gasteiger partial charge in [0.2, 0.25) is 0 Å². The number of halogens is 3. The van der Waals surface area contributed by atoms with Gasteiger partial charge in [-0.1, -0.05) is 69.8 Å². The lowest BCUT2D eigenvalue weighted by Crippen LogP contribution is -2.42. The second-order valence-electron chi connectivity index (χ2n) is 11.1. The summed E-state index contributed by atoms with van der Waals surface area (Å²) < 4.78 is 47.3. The Balaban J connectivity index is 1.85. The molecule has 0 spiro atoms. The molecular formula is C32H46F3N5O. The van der Waals surface area contributed by atoms with Crippen LogP contribution in [0.5, 0.6) is 0 Å². The van der Waals surface area contributed by atoms with E-state index in [0.717, 1.165) is 43.0 Å². The number of nitrogens with zero attached hydrogens (tertiary/aromatic N) is 4. The van der Waals surface area contributed by atoms with Crippen molar-refractivity contribution in [2.24, 2.45) is 15.9 Å². The summed E-state index contributed by atoms with van der Waals surface area (Å²) in [5, 5.41) is 0. The van der Waals surface area contributed by atoms with Crippen molar-refractivity contribution in [3.8, 4) is 0 Å². The maximum Gasteiger partial charge on any atom is 0.417 e. The summed E-state index contributed by atoms with van der Waals surface area (Å²) in [6.45, 7) is 13.3. The van der Waals surface area contributed by atoms with Crippen LogP contribution in [-0.2, 0) is 10.9 Å². The number of pyridine rings is 1. The molecule has 3 rings (SSSR count). The van der Waals surface area contributed by atoms with Crippen LogP contribution < -0.4 is 5.73 Å². The van der Waals surface area contributed by atoms with E-state index in [2.05, 4.69) is 48.3 Å². The molecule has 1 saturated heterocycles. The van der Waals surface area contributed by atoms with E-state index in [1.165, 1.54) is 55.9 Å². The molecule has 9 heteroatoms. The van der Waals surface area contributed by atoms with Crippen LogP contribution in [-0.4, -0.2) is 54.9 Å². The number of ether oxygens (including phenoxy) is 1. The van der Waals surface area contributed by atoms with Crippen LogP contribution >= 0.6 is 0 Å². The molecule has 0 bridgehead atoms. The van der Waals surface area contributed by atoms with E-state index >= 15 is 0 Å². The lowest BCUT2D eigenvalue weighted by molar-refractivity contribution is -0.137. The monoisotopic (exact) mass is 573 g/mol. The lowest BCUT2D eigenvalue weighted by atomic mass is 9.90. The summed E-state index contributed by atoms with van der Waals surface area (Å²) in [6, 6.07) is 0.835. The standard InChI is InChI=1S/C32H46F3N5O/c1-6-8-9-10-24(7-2)12-11-22(3)17-25-19-26(18-23(25)4)31(40-13-15-41-16-14-40)39-30(37-5)27-21-38-29(36)20-28(27)32(33,34)35/h19-21,24H,3,6-18H2,1-2,4-5H3,(H2,36,38). The summed E-state index contributed by atoms with van der Waals surface area (Å²) in [5.41, 5.74) is 9.13. The molecule has 0 radical (unpaired) electrons. The van der Waals surface area contributed by atoms with E-state index in [-0.39, 0.29) is 17.2 Å². The van der Waals surface area contributed by atoms with Gasteiger partial charge < -0.3 is 15.4 Å². The van der Waals surface area contributed by atoms with Gasteiger partial charge in [0.05, 0.1) is 18.8 Å². The molecule has 1 aromatic heterocycles. The van der Waals surface area contributed by atoms with Gasteiger partial charge in [-0.15, -0.1) is 0 Å². The van der Waals surface area contributed by atoms with E-state index < -0.39 is 11.7 Å². The fourth-order valence-electron chi connectivity index (χ4n) is 5.47. The van der Waals surface area contributed by atoms with Crippen molar-refractivity contribution < 1.29 is 17.9 Å². The average molecular weight is 574 g/mol. The Morgan fingerprint density at radius 1 is 1.20 bits per heavy atom. The van der Waals surface area contributed by atoms with Gasteiger partial charge in [0.1, 0.15) is 11.7 Å². The van der Waals surface area contributed by atoms with Crippen LogP contribution in [0.25, 0.3) is 0 Å². The summed E-state index contributed by atoms with van der Waals surface area (Å²) in [7, 11) is 1.44. The van der Waals surface area contributed by atoms with E-state index in [1.807, 2.05) is 0 Å². The third kappa shape index (κ3) is 9.28. The normalized spacial score (nSPS) is 17.7. The highest BCUT2D eigenvalue weighted by Gasteiger charge is 2.35. The molecule has 0 aromatic carbocycles. The van der Waals surface area contributed by atoms with Gasteiger partial charge in [0.15, 0.2) is 5.84 Å². The van der Waals surface area contributed by atoms with Crippen molar-refractivity contribution >= 4 is 17.5 Å². The molecular weight excluding hydrogens is 527 g/mol. The van der Waals surface area contributed by atoms with Crippen molar-refractivity contribution in [2.45, 2.75) is 84.7 Å². The minimum Gasteiger partial charge on any atom is -0.384 e. The fourth-order valence-corrected chi connectivity index (χ4v) is 5.47.